The van der Waals surface area contributed by atoms with Gasteiger partial charge in [-0.3, -0.25) is 4.79 Å². The summed E-state index contributed by atoms with van der Waals surface area (Å²) in [6.45, 7) is 9.66. The topological polar surface area (TPSA) is 122 Å². The van der Waals surface area contributed by atoms with Gasteiger partial charge in [0.1, 0.15) is 6.04 Å². The van der Waals surface area contributed by atoms with E-state index in [9.17, 15) is 4.79 Å². The molecule has 0 amide bonds. The number of hydrogen-bond acceptors (Lipinski definition) is 6. The molecule has 0 heterocycles. The summed E-state index contributed by atoms with van der Waals surface area (Å²) >= 11 is 0. The van der Waals surface area contributed by atoms with Crippen LogP contribution in [0.25, 0.3) is 0 Å². The molecule has 0 rings (SSSR count). The Bertz CT molecular complexity index is 260. The second-order valence-corrected chi connectivity index (χ2v) is 5.43. The highest BCUT2D eigenvalue weighted by Crippen LogP contribution is 1.97. The number of aliphatic hydroxyl groups is 2. The van der Waals surface area contributed by atoms with Gasteiger partial charge < -0.3 is 30.5 Å². The maximum atomic E-state index is 10.0. The van der Waals surface area contributed by atoms with Crippen LogP contribution in [0.5, 0.6) is 0 Å². The van der Waals surface area contributed by atoms with E-state index in [1.807, 2.05) is 6.92 Å². The predicted molar refractivity (Wildman–Crippen MR) is 80.0 cm³/mol. The second kappa shape index (κ2) is 13.0. The Balaban J connectivity index is 0. The molecule has 0 bridgehead atoms. The first-order chi connectivity index (χ1) is 9.61. The molecule has 21 heavy (non-hydrogen) atoms. The molecule has 0 saturated carbocycles. The van der Waals surface area contributed by atoms with E-state index in [0.717, 1.165) is 0 Å². The van der Waals surface area contributed by atoms with E-state index in [4.69, 9.17) is 30.5 Å². The lowest BCUT2D eigenvalue weighted by Gasteiger charge is -2.16. The largest absolute Gasteiger partial charge is 0.480 e. The molecular formula is C14H31NO6. The van der Waals surface area contributed by atoms with Gasteiger partial charge in [0.05, 0.1) is 38.1 Å². The number of hydrogen-bond donors (Lipinski definition) is 4. The summed E-state index contributed by atoms with van der Waals surface area (Å²) in [5, 5.41) is 25.8. The normalized spacial score (nSPS) is 16.6. The smallest absolute Gasteiger partial charge is 0.320 e. The van der Waals surface area contributed by atoms with Crippen LogP contribution in [0.3, 0.4) is 0 Å². The second-order valence-electron chi connectivity index (χ2n) is 5.43. The zero-order valence-corrected chi connectivity index (χ0v) is 13.7. The van der Waals surface area contributed by atoms with Crippen molar-refractivity contribution < 1.29 is 29.6 Å². The predicted octanol–water partition coefficient (Wildman–Crippen LogP) is 0.224. The summed E-state index contributed by atoms with van der Waals surface area (Å²) in [6.07, 6.45) is -0.654. The van der Waals surface area contributed by atoms with Gasteiger partial charge in [0.15, 0.2) is 0 Å². The van der Waals surface area contributed by atoms with Crippen LogP contribution >= 0.6 is 0 Å². The standard InChI is InChI=1S/C9H20O4.C5H11NO2/c1-7(11)5-12-9(3)6-13-8(2)4-10;1-3(2)4(6)5(7)8/h7-11H,4-6H2,1-3H3;3-4H,6H2,1-2H3,(H,7,8)/t;4-/m.0/s1. The molecule has 5 N–H and O–H groups in total. The van der Waals surface area contributed by atoms with E-state index in [1.54, 1.807) is 27.7 Å². The number of nitrogens with two attached hydrogens (primary N) is 1. The van der Waals surface area contributed by atoms with E-state index in [0.29, 0.717) is 13.2 Å². The number of rotatable bonds is 9. The molecule has 0 radical (unpaired) electrons. The first-order valence-corrected chi connectivity index (χ1v) is 7.12. The van der Waals surface area contributed by atoms with Crippen molar-refractivity contribution in [2.45, 2.75) is 59.0 Å². The number of aliphatic carboxylic acids is 1. The maximum Gasteiger partial charge on any atom is 0.320 e. The summed E-state index contributed by atoms with van der Waals surface area (Å²) in [4.78, 5) is 10.0. The van der Waals surface area contributed by atoms with Crippen molar-refractivity contribution in [3.63, 3.8) is 0 Å². The first kappa shape index (κ1) is 22.5. The third kappa shape index (κ3) is 15.5. The Kier molecular flexibility index (Phi) is 13.9. The van der Waals surface area contributed by atoms with Crippen molar-refractivity contribution in [3.05, 3.63) is 0 Å². The number of ether oxygens (including phenoxy) is 2. The van der Waals surface area contributed by atoms with Crippen molar-refractivity contribution in [1.82, 2.24) is 0 Å². The third-order valence-corrected chi connectivity index (χ3v) is 2.50. The lowest BCUT2D eigenvalue weighted by atomic mass is 10.1. The Morgan fingerprint density at radius 3 is 1.81 bits per heavy atom. The molecule has 0 aromatic heterocycles. The van der Waals surface area contributed by atoms with E-state index >= 15 is 0 Å². The minimum atomic E-state index is -0.931. The van der Waals surface area contributed by atoms with Crippen molar-refractivity contribution in [2.75, 3.05) is 19.8 Å². The number of aliphatic hydroxyl groups excluding tert-OH is 2. The van der Waals surface area contributed by atoms with E-state index < -0.39 is 18.1 Å². The average molecular weight is 309 g/mol. The summed E-state index contributed by atoms with van der Waals surface area (Å²) in [6, 6.07) is -0.713. The van der Waals surface area contributed by atoms with Crippen LogP contribution < -0.4 is 5.73 Å². The van der Waals surface area contributed by atoms with E-state index in [2.05, 4.69) is 0 Å². The van der Waals surface area contributed by atoms with Crippen LogP contribution in [0.15, 0.2) is 0 Å². The molecule has 0 aliphatic heterocycles. The zero-order valence-electron chi connectivity index (χ0n) is 13.7. The van der Waals surface area contributed by atoms with Crippen LogP contribution in [-0.2, 0) is 14.3 Å². The van der Waals surface area contributed by atoms with Crippen molar-refractivity contribution in [1.29, 1.82) is 0 Å². The van der Waals surface area contributed by atoms with Crippen LogP contribution in [0.4, 0.5) is 0 Å². The molecule has 0 aromatic carbocycles. The molecule has 128 valence electrons. The van der Waals surface area contributed by atoms with Gasteiger partial charge in [0, 0.05) is 0 Å². The molecule has 0 aliphatic rings. The molecule has 0 fully saturated rings. The molecule has 0 spiro atoms. The number of carbonyl (C=O) groups is 1. The minimum Gasteiger partial charge on any atom is -0.480 e. The van der Waals surface area contributed by atoms with Crippen LogP contribution in [-0.4, -0.2) is 65.5 Å². The SMILES string of the molecule is CC(C)[C@H](N)C(=O)O.CC(O)COC(C)COC(C)CO. The van der Waals surface area contributed by atoms with Gasteiger partial charge in [-0.25, -0.2) is 0 Å². The number of carboxylic acid groups (broad SMARTS) is 1. The fourth-order valence-corrected chi connectivity index (χ4v) is 0.989. The fraction of sp³-hybridized carbons (Fsp3) is 0.929. The van der Waals surface area contributed by atoms with Gasteiger partial charge in [-0.05, 0) is 26.7 Å². The van der Waals surface area contributed by atoms with Crippen LogP contribution in [0.2, 0.25) is 0 Å². The van der Waals surface area contributed by atoms with Gasteiger partial charge in [-0.15, -0.1) is 0 Å². The van der Waals surface area contributed by atoms with Gasteiger partial charge in [0.2, 0.25) is 0 Å². The first-order valence-electron chi connectivity index (χ1n) is 7.12. The Labute approximate surface area is 127 Å². The molecule has 4 atom stereocenters. The molecular weight excluding hydrogens is 278 g/mol. The van der Waals surface area contributed by atoms with Crippen molar-refractivity contribution in [2.24, 2.45) is 11.7 Å². The minimum absolute atomic E-state index is 0.0170. The monoisotopic (exact) mass is 309 g/mol. The fourth-order valence-electron chi connectivity index (χ4n) is 0.989. The van der Waals surface area contributed by atoms with Gasteiger partial charge in [-0.1, -0.05) is 13.8 Å². The van der Waals surface area contributed by atoms with Gasteiger partial charge in [-0.2, -0.15) is 0 Å². The highest BCUT2D eigenvalue weighted by atomic mass is 16.5. The summed E-state index contributed by atoms with van der Waals surface area (Å²) in [5.74, 6) is -0.910. The lowest BCUT2D eigenvalue weighted by molar-refractivity contribution is -0.139. The molecule has 0 saturated heterocycles. The quantitative estimate of drug-likeness (QED) is 0.480. The molecule has 0 aliphatic carbocycles. The van der Waals surface area contributed by atoms with Crippen molar-refractivity contribution in [3.8, 4) is 0 Å². The highest BCUT2D eigenvalue weighted by Gasteiger charge is 2.14. The third-order valence-electron chi connectivity index (χ3n) is 2.50. The Morgan fingerprint density at radius 1 is 1.05 bits per heavy atom. The summed E-state index contributed by atoms with van der Waals surface area (Å²) < 4.78 is 10.5. The zero-order chi connectivity index (χ0) is 17.0. The number of carboxylic acids is 1. The van der Waals surface area contributed by atoms with Crippen LogP contribution in [0, 0.1) is 5.92 Å². The molecule has 7 nitrogen and oxygen atoms in total. The van der Waals surface area contributed by atoms with Crippen LogP contribution in [0.1, 0.15) is 34.6 Å². The molecule has 0 aromatic rings. The Morgan fingerprint density at radius 2 is 1.52 bits per heavy atom. The molecule has 3 unspecified atom stereocenters. The summed E-state index contributed by atoms with van der Waals surface area (Å²) in [7, 11) is 0. The Hall–Kier alpha value is -0.730. The summed E-state index contributed by atoms with van der Waals surface area (Å²) in [5.41, 5.74) is 5.16. The lowest BCUT2D eigenvalue weighted by Crippen LogP contribution is -2.34. The van der Waals surface area contributed by atoms with Gasteiger partial charge >= 0.3 is 5.97 Å². The average Bonchev–Trinajstić information content (AvgIpc) is 2.41. The van der Waals surface area contributed by atoms with E-state index in [1.165, 1.54) is 0 Å². The highest BCUT2D eigenvalue weighted by molar-refractivity contribution is 5.73. The van der Waals surface area contributed by atoms with Gasteiger partial charge in [0.25, 0.3) is 0 Å². The molecule has 7 heteroatoms. The van der Waals surface area contributed by atoms with Crippen molar-refractivity contribution >= 4 is 5.97 Å². The van der Waals surface area contributed by atoms with E-state index in [-0.39, 0.29) is 24.7 Å². The maximum absolute atomic E-state index is 10.0.